The van der Waals surface area contributed by atoms with Gasteiger partial charge in [0.15, 0.2) is 0 Å². The van der Waals surface area contributed by atoms with Gasteiger partial charge < -0.3 is 5.32 Å². The summed E-state index contributed by atoms with van der Waals surface area (Å²) in [4.78, 5) is 0. The second kappa shape index (κ2) is 15.7. The Morgan fingerprint density at radius 3 is 1.73 bits per heavy atom. The summed E-state index contributed by atoms with van der Waals surface area (Å²) in [7, 11) is 0. The van der Waals surface area contributed by atoms with Crippen LogP contribution in [0.1, 0.15) is 146 Å². The third kappa shape index (κ3) is 14.1. The molecule has 182 valence electrons. The van der Waals surface area contributed by atoms with Crippen molar-refractivity contribution >= 4 is 0 Å². The van der Waals surface area contributed by atoms with Gasteiger partial charge in [0.2, 0.25) is 0 Å². The summed E-state index contributed by atoms with van der Waals surface area (Å²) in [6, 6.07) is 0.680. The highest BCUT2D eigenvalue weighted by Gasteiger charge is 2.28. The predicted molar refractivity (Wildman–Crippen MR) is 139 cm³/mol. The van der Waals surface area contributed by atoms with E-state index >= 15 is 0 Å². The van der Waals surface area contributed by atoms with Gasteiger partial charge >= 0.3 is 0 Å². The average Bonchev–Trinajstić information content (AvgIpc) is 2.65. The molecule has 0 spiro atoms. The second-order valence-corrected chi connectivity index (χ2v) is 12.5. The SMILES string of the molecule is CCCCCC(CCCCC(CCC)C(CC(C)(C)C)NCC(C)C)C(C)(C)CC. The quantitative estimate of drug-likeness (QED) is 0.216. The largest absolute Gasteiger partial charge is 0.313 e. The molecule has 0 aromatic carbocycles. The minimum absolute atomic E-state index is 0.399. The molecule has 1 N–H and O–H groups in total. The van der Waals surface area contributed by atoms with E-state index in [-0.39, 0.29) is 0 Å². The van der Waals surface area contributed by atoms with Gasteiger partial charge in [-0.05, 0) is 67.2 Å². The zero-order valence-corrected chi connectivity index (χ0v) is 23.0. The zero-order chi connectivity index (χ0) is 23.2. The fraction of sp³-hybridized carbons (Fsp3) is 1.00. The maximum Gasteiger partial charge on any atom is 0.0100 e. The molecule has 0 aliphatic heterocycles. The molecule has 0 bridgehead atoms. The molecule has 0 heterocycles. The van der Waals surface area contributed by atoms with Crippen molar-refractivity contribution < 1.29 is 0 Å². The van der Waals surface area contributed by atoms with E-state index in [0.717, 1.165) is 24.3 Å². The molecule has 0 aliphatic carbocycles. The first-order valence-corrected chi connectivity index (χ1v) is 13.7. The third-order valence-electron chi connectivity index (χ3n) is 7.40. The molecule has 0 amide bonds. The van der Waals surface area contributed by atoms with Gasteiger partial charge in [0.1, 0.15) is 0 Å². The molecule has 1 heteroatoms. The molecular weight excluding hydrogens is 362 g/mol. The lowest BCUT2D eigenvalue weighted by Crippen LogP contribution is -2.41. The molecule has 30 heavy (non-hydrogen) atoms. The van der Waals surface area contributed by atoms with Gasteiger partial charge in [-0.3, -0.25) is 0 Å². The average molecular weight is 424 g/mol. The summed E-state index contributed by atoms with van der Waals surface area (Å²) >= 11 is 0. The first-order chi connectivity index (χ1) is 14.0. The van der Waals surface area contributed by atoms with E-state index < -0.39 is 0 Å². The van der Waals surface area contributed by atoms with Crippen molar-refractivity contribution in [3.05, 3.63) is 0 Å². The number of hydrogen-bond acceptors (Lipinski definition) is 1. The first-order valence-electron chi connectivity index (χ1n) is 13.7. The van der Waals surface area contributed by atoms with Gasteiger partial charge in [0.05, 0.1) is 0 Å². The topological polar surface area (TPSA) is 12.0 Å². The van der Waals surface area contributed by atoms with Gasteiger partial charge in [-0.25, -0.2) is 0 Å². The van der Waals surface area contributed by atoms with Crippen molar-refractivity contribution in [2.45, 2.75) is 152 Å². The Morgan fingerprint density at radius 2 is 1.27 bits per heavy atom. The van der Waals surface area contributed by atoms with E-state index in [2.05, 4.69) is 74.6 Å². The Balaban J connectivity index is 4.85. The van der Waals surface area contributed by atoms with Crippen LogP contribution in [0.2, 0.25) is 0 Å². The lowest BCUT2D eigenvalue weighted by Gasteiger charge is -2.35. The molecule has 3 unspecified atom stereocenters. The summed E-state index contributed by atoms with van der Waals surface area (Å²) in [6.07, 6.45) is 16.6. The van der Waals surface area contributed by atoms with Crippen LogP contribution in [0.15, 0.2) is 0 Å². The van der Waals surface area contributed by atoms with Crippen molar-refractivity contribution in [2.75, 3.05) is 6.54 Å². The number of unbranched alkanes of at least 4 members (excludes halogenated alkanes) is 3. The second-order valence-electron chi connectivity index (χ2n) is 12.5. The van der Waals surface area contributed by atoms with Gasteiger partial charge in [-0.1, -0.05) is 114 Å². The van der Waals surface area contributed by atoms with Gasteiger partial charge in [0.25, 0.3) is 0 Å². The summed E-state index contributed by atoms with van der Waals surface area (Å²) in [5, 5.41) is 3.98. The van der Waals surface area contributed by atoms with Gasteiger partial charge in [0, 0.05) is 6.04 Å². The highest BCUT2D eigenvalue weighted by atomic mass is 14.9. The molecule has 0 aromatic heterocycles. The summed E-state index contributed by atoms with van der Waals surface area (Å²) < 4.78 is 0. The monoisotopic (exact) mass is 423 g/mol. The van der Waals surface area contributed by atoms with Crippen LogP contribution in [0.5, 0.6) is 0 Å². The highest BCUT2D eigenvalue weighted by Crippen LogP contribution is 2.38. The molecule has 0 fully saturated rings. The minimum atomic E-state index is 0.399. The molecule has 3 atom stereocenters. The van der Waals surface area contributed by atoms with Crippen molar-refractivity contribution in [1.82, 2.24) is 5.32 Å². The molecule has 0 aliphatic rings. The summed E-state index contributed by atoms with van der Waals surface area (Å²) in [6.45, 7) is 25.2. The fourth-order valence-electron chi connectivity index (χ4n) is 5.02. The van der Waals surface area contributed by atoms with Crippen LogP contribution in [0.25, 0.3) is 0 Å². The Labute approximate surface area is 193 Å². The summed E-state index contributed by atoms with van der Waals surface area (Å²) in [5.74, 6) is 2.48. The van der Waals surface area contributed by atoms with E-state index in [4.69, 9.17) is 0 Å². The molecule has 0 saturated carbocycles. The number of nitrogens with one attached hydrogen (secondary N) is 1. The van der Waals surface area contributed by atoms with Gasteiger partial charge in [-0.15, -0.1) is 0 Å². The lowest BCUT2D eigenvalue weighted by atomic mass is 9.71. The van der Waals surface area contributed by atoms with Crippen molar-refractivity contribution in [3.8, 4) is 0 Å². The van der Waals surface area contributed by atoms with Crippen LogP contribution >= 0.6 is 0 Å². The highest BCUT2D eigenvalue weighted by molar-refractivity contribution is 4.82. The minimum Gasteiger partial charge on any atom is -0.313 e. The van der Waals surface area contributed by atoms with E-state index in [9.17, 15) is 0 Å². The van der Waals surface area contributed by atoms with Crippen LogP contribution in [-0.2, 0) is 0 Å². The number of hydrogen-bond donors (Lipinski definition) is 1. The Bertz CT molecular complexity index is 390. The van der Waals surface area contributed by atoms with Crippen LogP contribution in [-0.4, -0.2) is 12.6 Å². The normalized spacial score (nSPS) is 16.1. The smallest absolute Gasteiger partial charge is 0.0100 e. The van der Waals surface area contributed by atoms with E-state index in [1.54, 1.807) is 0 Å². The Hall–Kier alpha value is -0.0400. The fourth-order valence-corrected chi connectivity index (χ4v) is 5.02. The molecule has 0 saturated heterocycles. The summed E-state index contributed by atoms with van der Waals surface area (Å²) in [5.41, 5.74) is 0.903. The van der Waals surface area contributed by atoms with E-state index in [1.165, 1.54) is 77.0 Å². The number of rotatable bonds is 18. The molecule has 1 nitrogen and oxygen atoms in total. The van der Waals surface area contributed by atoms with Crippen LogP contribution in [0.4, 0.5) is 0 Å². The maximum absolute atomic E-state index is 3.98. The predicted octanol–water partition coefficient (Wildman–Crippen LogP) is 9.65. The Morgan fingerprint density at radius 1 is 0.700 bits per heavy atom. The van der Waals surface area contributed by atoms with Crippen molar-refractivity contribution in [2.24, 2.45) is 28.6 Å². The van der Waals surface area contributed by atoms with Crippen LogP contribution in [0.3, 0.4) is 0 Å². The van der Waals surface area contributed by atoms with Crippen molar-refractivity contribution in [1.29, 1.82) is 0 Å². The molecule has 0 aromatic rings. The lowest BCUT2D eigenvalue weighted by molar-refractivity contribution is 0.167. The molecular formula is C29H61N. The van der Waals surface area contributed by atoms with E-state index in [0.29, 0.717) is 16.9 Å². The van der Waals surface area contributed by atoms with Crippen molar-refractivity contribution in [3.63, 3.8) is 0 Å². The van der Waals surface area contributed by atoms with Gasteiger partial charge in [-0.2, -0.15) is 0 Å². The maximum atomic E-state index is 3.98. The first kappa shape index (κ1) is 30.0. The van der Waals surface area contributed by atoms with Crippen LogP contribution in [0, 0.1) is 28.6 Å². The third-order valence-corrected chi connectivity index (χ3v) is 7.40. The standard InChI is InChI=1S/C29H61N/c1-11-14-15-20-26(29(9,10)13-3)21-17-16-19-25(18-12-2)27(22-28(6,7)8)30-23-24(4)5/h24-27,30H,11-23H2,1-10H3. The zero-order valence-electron chi connectivity index (χ0n) is 23.0. The molecule has 0 radical (unpaired) electrons. The van der Waals surface area contributed by atoms with E-state index in [1.807, 2.05) is 0 Å². The molecule has 0 rings (SSSR count). The Kier molecular flexibility index (Phi) is 15.7. The van der Waals surface area contributed by atoms with Crippen LogP contribution < -0.4 is 5.32 Å².